The second kappa shape index (κ2) is 7.09. The van der Waals surface area contributed by atoms with Crippen molar-refractivity contribution in [2.24, 2.45) is 5.92 Å². The molecule has 4 heteroatoms. The zero-order chi connectivity index (χ0) is 14.5. The minimum Gasteiger partial charge on any atom is -0.458 e. The summed E-state index contributed by atoms with van der Waals surface area (Å²) in [6.45, 7) is 1.05. The van der Waals surface area contributed by atoms with Gasteiger partial charge in [-0.2, -0.15) is 0 Å². The Kier molecular flexibility index (Phi) is 5.44. The number of ether oxygens (including phenoxy) is 1. The van der Waals surface area contributed by atoms with Gasteiger partial charge in [0.1, 0.15) is 6.10 Å². The fourth-order valence-electron chi connectivity index (χ4n) is 2.88. The number of benzene rings is 1. The number of halogens is 1. The van der Waals surface area contributed by atoms with Crippen molar-refractivity contribution in [3.63, 3.8) is 0 Å². The third-order valence-electron chi connectivity index (χ3n) is 3.85. The van der Waals surface area contributed by atoms with Gasteiger partial charge < -0.3 is 9.64 Å². The van der Waals surface area contributed by atoms with Gasteiger partial charge in [-0.1, -0.05) is 18.0 Å². The quantitative estimate of drug-likeness (QED) is 0.864. The smallest absolute Gasteiger partial charge is 0.338 e. The molecule has 3 nitrogen and oxygen atoms in total. The van der Waals surface area contributed by atoms with Crippen LogP contribution in [0.25, 0.3) is 0 Å². The van der Waals surface area contributed by atoms with Crippen LogP contribution in [0.2, 0.25) is 5.02 Å². The molecule has 0 radical (unpaired) electrons. The molecule has 0 saturated heterocycles. The van der Waals surface area contributed by atoms with Gasteiger partial charge >= 0.3 is 5.97 Å². The molecule has 1 aliphatic carbocycles. The van der Waals surface area contributed by atoms with E-state index in [1.807, 2.05) is 0 Å². The van der Waals surface area contributed by atoms with Gasteiger partial charge in [-0.25, -0.2) is 4.79 Å². The van der Waals surface area contributed by atoms with Crippen molar-refractivity contribution in [2.45, 2.75) is 31.8 Å². The SMILES string of the molecule is C[NH+](C)C[C@H]1CCCC[C@H]1OC(=O)c1ccc(Cl)cc1. The highest BCUT2D eigenvalue weighted by molar-refractivity contribution is 6.30. The Labute approximate surface area is 125 Å². The molecule has 1 saturated carbocycles. The van der Waals surface area contributed by atoms with E-state index in [-0.39, 0.29) is 12.1 Å². The summed E-state index contributed by atoms with van der Waals surface area (Å²) in [5, 5.41) is 0.633. The fourth-order valence-corrected chi connectivity index (χ4v) is 3.00. The summed E-state index contributed by atoms with van der Waals surface area (Å²) in [5.41, 5.74) is 0.580. The first-order valence-electron chi connectivity index (χ1n) is 7.32. The maximum atomic E-state index is 12.2. The zero-order valence-corrected chi connectivity index (χ0v) is 13.0. The van der Waals surface area contributed by atoms with Crippen LogP contribution in [0, 0.1) is 5.92 Å². The molecular weight excluding hydrogens is 274 g/mol. The summed E-state index contributed by atoms with van der Waals surface area (Å²) < 4.78 is 5.74. The summed E-state index contributed by atoms with van der Waals surface area (Å²) in [4.78, 5) is 13.6. The number of hydrogen-bond donors (Lipinski definition) is 1. The molecule has 1 aliphatic rings. The van der Waals surface area contributed by atoms with Crippen LogP contribution >= 0.6 is 11.6 Å². The summed E-state index contributed by atoms with van der Waals surface area (Å²) in [7, 11) is 4.29. The van der Waals surface area contributed by atoms with E-state index in [9.17, 15) is 4.79 Å². The minimum absolute atomic E-state index is 0.0572. The van der Waals surface area contributed by atoms with Crippen LogP contribution in [0.4, 0.5) is 0 Å². The maximum Gasteiger partial charge on any atom is 0.338 e. The molecule has 1 N–H and O–H groups in total. The first-order chi connectivity index (χ1) is 9.56. The van der Waals surface area contributed by atoms with Gasteiger partial charge in [-0.15, -0.1) is 0 Å². The van der Waals surface area contributed by atoms with E-state index < -0.39 is 0 Å². The summed E-state index contributed by atoms with van der Waals surface area (Å²) in [6.07, 6.45) is 4.59. The zero-order valence-electron chi connectivity index (χ0n) is 12.2. The molecule has 0 aliphatic heterocycles. The molecule has 1 aromatic rings. The van der Waals surface area contributed by atoms with Crippen LogP contribution in [0.3, 0.4) is 0 Å². The number of carbonyl (C=O) groups excluding carboxylic acids is 1. The third kappa shape index (κ3) is 4.22. The average molecular weight is 297 g/mol. The molecular formula is C16H23ClNO2+. The van der Waals surface area contributed by atoms with E-state index in [2.05, 4.69) is 14.1 Å². The molecule has 0 heterocycles. The largest absolute Gasteiger partial charge is 0.458 e. The second-order valence-electron chi connectivity index (χ2n) is 5.91. The molecule has 0 aromatic heterocycles. The van der Waals surface area contributed by atoms with Gasteiger partial charge in [0.05, 0.1) is 26.2 Å². The Hall–Kier alpha value is -1.06. The summed E-state index contributed by atoms with van der Waals surface area (Å²) in [6, 6.07) is 6.89. The molecule has 110 valence electrons. The number of hydrogen-bond acceptors (Lipinski definition) is 2. The number of rotatable bonds is 4. The Bertz CT molecular complexity index is 444. The van der Waals surface area contributed by atoms with E-state index in [1.54, 1.807) is 24.3 Å². The minimum atomic E-state index is -0.229. The predicted octanol–water partition coefficient (Wildman–Crippen LogP) is 2.20. The highest BCUT2D eigenvalue weighted by atomic mass is 35.5. The van der Waals surface area contributed by atoms with Crippen LogP contribution in [-0.4, -0.2) is 32.7 Å². The molecule has 0 unspecified atom stereocenters. The highest BCUT2D eigenvalue weighted by Crippen LogP contribution is 2.27. The van der Waals surface area contributed by atoms with Gasteiger partial charge in [0.2, 0.25) is 0 Å². The first-order valence-corrected chi connectivity index (χ1v) is 7.69. The van der Waals surface area contributed by atoms with Crippen molar-refractivity contribution in [1.82, 2.24) is 0 Å². The molecule has 0 bridgehead atoms. The Balaban J connectivity index is 1.99. The van der Waals surface area contributed by atoms with E-state index in [0.717, 1.165) is 25.8 Å². The number of quaternary nitrogens is 1. The lowest BCUT2D eigenvalue weighted by molar-refractivity contribution is -0.862. The number of carbonyl (C=O) groups is 1. The molecule has 2 atom stereocenters. The molecule has 1 aromatic carbocycles. The Morgan fingerprint density at radius 2 is 1.90 bits per heavy atom. The summed E-state index contributed by atoms with van der Waals surface area (Å²) >= 11 is 5.83. The van der Waals surface area contributed by atoms with Crippen molar-refractivity contribution in [3.8, 4) is 0 Å². The lowest BCUT2D eigenvalue weighted by Crippen LogP contribution is -3.06. The number of esters is 1. The standard InChI is InChI=1S/C16H22ClNO2/c1-18(2)11-13-5-3-4-6-15(13)20-16(19)12-7-9-14(17)10-8-12/h7-10,13,15H,3-6,11H2,1-2H3/p+1/t13-,15-/m1/s1. The van der Waals surface area contributed by atoms with Crippen LogP contribution in [0.15, 0.2) is 24.3 Å². The van der Waals surface area contributed by atoms with Crippen molar-refractivity contribution >= 4 is 17.6 Å². The van der Waals surface area contributed by atoms with Crippen molar-refractivity contribution in [2.75, 3.05) is 20.6 Å². The second-order valence-corrected chi connectivity index (χ2v) is 6.34. The number of nitrogens with one attached hydrogen (secondary N) is 1. The van der Waals surface area contributed by atoms with Gasteiger partial charge in [-0.05, 0) is 43.5 Å². The maximum absolute atomic E-state index is 12.2. The average Bonchev–Trinajstić information content (AvgIpc) is 2.41. The molecule has 0 spiro atoms. The molecule has 20 heavy (non-hydrogen) atoms. The molecule has 2 rings (SSSR count). The highest BCUT2D eigenvalue weighted by Gasteiger charge is 2.30. The monoisotopic (exact) mass is 296 g/mol. The molecule has 1 fully saturated rings. The van der Waals surface area contributed by atoms with Crippen LogP contribution in [0.5, 0.6) is 0 Å². The van der Waals surface area contributed by atoms with E-state index >= 15 is 0 Å². The van der Waals surface area contributed by atoms with Gasteiger partial charge in [0.15, 0.2) is 0 Å². The predicted molar refractivity (Wildman–Crippen MR) is 80.3 cm³/mol. The normalized spacial score (nSPS) is 22.8. The topological polar surface area (TPSA) is 30.7 Å². The van der Waals surface area contributed by atoms with E-state index in [0.29, 0.717) is 16.5 Å². The van der Waals surface area contributed by atoms with Gasteiger partial charge in [-0.3, -0.25) is 0 Å². The van der Waals surface area contributed by atoms with Crippen molar-refractivity contribution in [1.29, 1.82) is 0 Å². The Morgan fingerprint density at radius 1 is 1.25 bits per heavy atom. The Morgan fingerprint density at radius 3 is 2.55 bits per heavy atom. The van der Waals surface area contributed by atoms with Crippen molar-refractivity contribution in [3.05, 3.63) is 34.9 Å². The lowest BCUT2D eigenvalue weighted by Gasteiger charge is -2.31. The van der Waals surface area contributed by atoms with Crippen molar-refractivity contribution < 1.29 is 14.4 Å². The van der Waals surface area contributed by atoms with Gasteiger partial charge in [0, 0.05) is 10.9 Å². The van der Waals surface area contributed by atoms with E-state index in [1.165, 1.54) is 11.3 Å². The van der Waals surface area contributed by atoms with E-state index in [4.69, 9.17) is 16.3 Å². The van der Waals surface area contributed by atoms with Crippen LogP contribution in [-0.2, 0) is 4.74 Å². The van der Waals surface area contributed by atoms with Crippen LogP contribution in [0.1, 0.15) is 36.0 Å². The molecule has 0 amide bonds. The summed E-state index contributed by atoms with van der Waals surface area (Å²) in [5.74, 6) is 0.248. The van der Waals surface area contributed by atoms with Gasteiger partial charge in [0.25, 0.3) is 0 Å². The first kappa shape index (κ1) is 15.3. The fraction of sp³-hybridized carbons (Fsp3) is 0.562. The van der Waals surface area contributed by atoms with Crippen LogP contribution < -0.4 is 4.90 Å². The third-order valence-corrected chi connectivity index (χ3v) is 4.10. The lowest BCUT2D eigenvalue weighted by atomic mass is 9.86.